The number of phenols is 1. The zero-order valence-electron chi connectivity index (χ0n) is 13.5. The van der Waals surface area contributed by atoms with Crippen LogP contribution in [0.5, 0.6) is 11.5 Å². The standard InChI is InChI=1S/C18H20N2O4/c1-23-16-8-4-7-15(21)17(16)18(22)19-13-5-2-3-6-14(13)20-9-11-24-12-10-20/h2-8,21H,9-12H2,1H3,(H,19,22). The van der Waals surface area contributed by atoms with Crippen molar-refractivity contribution in [3.63, 3.8) is 0 Å². The van der Waals surface area contributed by atoms with E-state index >= 15 is 0 Å². The van der Waals surface area contributed by atoms with Crippen LogP contribution in [-0.4, -0.2) is 44.4 Å². The van der Waals surface area contributed by atoms with E-state index in [9.17, 15) is 9.90 Å². The van der Waals surface area contributed by atoms with Gasteiger partial charge in [0.15, 0.2) is 0 Å². The number of morpholine rings is 1. The number of benzene rings is 2. The minimum absolute atomic E-state index is 0.115. The summed E-state index contributed by atoms with van der Waals surface area (Å²) in [6.07, 6.45) is 0. The third-order valence-electron chi connectivity index (χ3n) is 3.96. The highest BCUT2D eigenvalue weighted by Gasteiger charge is 2.20. The van der Waals surface area contributed by atoms with Crippen molar-refractivity contribution in [2.24, 2.45) is 0 Å². The molecule has 0 aromatic heterocycles. The van der Waals surface area contributed by atoms with E-state index in [2.05, 4.69) is 10.2 Å². The van der Waals surface area contributed by atoms with Gasteiger partial charge >= 0.3 is 0 Å². The molecule has 1 saturated heterocycles. The van der Waals surface area contributed by atoms with Crippen LogP contribution in [0.1, 0.15) is 10.4 Å². The lowest BCUT2D eigenvalue weighted by Gasteiger charge is -2.30. The zero-order valence-corrected chi connectivity index (χ0v) is 13.5. The van der Waals surface area contributed by atoms with Crippen LogP contribution < -0.4 is 15.0 Å². The highest BCUT2D eigenvalue weighted by Crippen LogP contribution is 2.31. The van der Waals surface area contributed by atoms with E-state index in [1.165, 1.54) is 13.2 Å². The lowest BCUT2D eigenvalue weighted by atomic mass is 10.1. The van der Waals surface area contributed by atoms with E-state index in [1.54, 1.807) is 12.1 Å². The molecule has 1 amide bonds. The van der Waals surface area contributed by atoms with Crippen molar-refractivity contribution in [3.8, 4) is 11.5 Å². The van der Waals surface area contributed by atoms with Crippen LogP contribution in [-0.2, 0) is 4.74 Å². The van der Waals surface area contributed by atoms with E-state index < -0.39 is 5.91 Å². The first kappa shape index (κ1) is 16.1. The lowest BCUT2D eigenvalue weighted by Crippen LogP contribution is -2.36. The van der Waals surface area contributed by atoms with Crippen LogP contribution in [0.3, 0.4) is 0 Å². The van der Waals surface area contributed by atoms with E-state index in [0.29, 0.717) is 24.7 Å². The molecule has 2 aromatic rings. The molecule has 6 heteroatoms. The van der Waals surface area contributed by atoms with Crippen molar-refractivity contribution < 1.29 is 19.4 Å². The largest absolute Gasteiger partial charge is 0.507 e. The molecule has 0 bridgehead atoms. The van der Waals surface area contributed by atoms with Crippen LogP contribution in [0.25, 0.3) is 0 Å². The highest BCUT2D eigenvalue weighted by atomic mass is 16.5. The molecule has 1 fully saturated rings. The maximum absolute atomic E-state index is 12.7. The molecule has 126 valence electrons. The van der Waals surface area contributed by atoms with Gasteiger partial charge in [-0.2, -0.15) is 0 Å². The lowest BCUT2D eigenvalue weighted by molar-refractivity contribution is 0.102. The average Bonchev–Trinajstić information content (AvgIpc) is 2.62. The first-order valence-electron chi connectivity index (χ1n) is 7.79. The predicted molar refractivity (Wildman–Crippen MR) is 92.1 cm³/mol. The third-order valence-corrected chi connectivity index (χ3v) is 3.96. The normalized spacial score (nSPS) is 14.3. The first-order valence-corrected chi connectivity index (χ1v) is 7.79. The fraction of sp³-hybridized carbons (Fsp3) is 0.278. The highest BCUT2D eigenvalue weighted by molar-refractivity contribution is 6.09. The Kier molecular flexibility index (Phi) is 4.86. The molecule has 24 heavy (non-hydrogen) atoms. The van der Waals surface area contributed by atoms with Gasteiger partial charge in [-0.25, -0.2) is 0 Å². The smallest absolute Gasteiger partial charge is 0.263 e. The van der Waals surface area contributed by atoms with Crippen LogP contribution in [0, 0.1) is 0 Å². The number of phenolic OH excluding ortho intramolecular Hbond substituents is 1. The molecule has 0 spiro atoms. The summed E-state index contributed by atoms with van der Waals surface area (Å²) < 4.78 is 10.6. The number of carbonyl (C=O) groups is 1. The number of nitrogens with one attached hydrogen (secondary N) is 1. The van der Waals surface area contributed by atoms with Crippen LogP contribution in [0.4, 0.5) is 11.4 Å². The molecule has 1 aliphatic heterocycles. The number of hydrogen-bond donors (Lipinski definition) is 2. The van der Waals surface area contributed by atoms with Gasteiger partial charge in [0.05, 0.1) is 31.7 Å². The van der Waals surface area contributed by atoms with Gasteiger partial charge in [-0.1, -0.05) is 18.2 Å². The Hall–Kier alpha value is -2.73. The number of ether oxygens (including phenoxy) is 2. The number of hydrogen-bond acceptors (Lipinski definition) is 5. The molecule has 0 aliphatic carbocycles. The van der Waals surface area contributed by atoms with Gasteiger partial charge < -0.3 is 24.8 Å². The maximum Gasteiger partial charge on any atom is 0.263 e. The Morgan fingerprint density at radius 3 is 2.67 bits per heavy atom. The quantitative estimate of drug-likeness (QED) is 0.902. The second kappa shape index (κ2) is 7.23. The van der Waals surface area contributed by atoms with Gasteiger partial charge in [0.1, 0.15) is 17.1 Å². The molecule has 3 rings (SSSR count). The number of aromatic hydroxyl groups is 1. The fourth-order valence-corrected chi connectivity index (χ4v) is 2.76. The predicted octanol–water partition coefficient (Wildman–Crippen LogP) is 2.49. The van der Waals surface area contributed by atoms with Gasteiger partial charge in [-0.05, 0) is 24.3 Å². The number of anilines is 2. The Labute approximate surface area is 140 Å². The molecular formula is C18H20N2O4. The summed E-state index contributed by atoms with van der Waals surface area (Å²) in [6, 6.07) is 12.3. The molecule has 1 aliphatic rings. The van der Waals surface area contributed by atoms with Crippen molar-refractivity contribution in [3.05, 3.63) is 48.0 Å². The SMILES string of the molecule is COc1cccc(O)c1C(=O)Nc1ccccc1N1CCOCC1. The number of para-hydroxylation sites is 2. The Bertz CT molecular complexity index is 727. The van der Waals surface area contributed by atoms with Crippen LogP contribution >= 0.6 is 0 Å². The number of amides is 1. The second-order valence-corrected chi connectivity index (χ2v) is 5.43. The van der Waals surface area contributed by atoms with Gasteiger partial charge in [0.25, 0.3) is 5.91 Å². The van der Waals surface area contributed by atoms with Crippen molar-refractivity contribution in [1.29, 1.82) is 0 Å². The Morgan fingerprint density at radius 1 is 1.17 bits per heavy atom. The Balaban J connectivity index is 1.88. The summed E-state index contributed by atoms with van der Waals surface area (Å²) in [4.78, 5) is 14.8. The van der Waals surface area contributed by atoms with E-state index in [1.807, 2.05) is 24.3 Å². The van der Waals surface area contributed by atoms with Crippen molar-refractivity contribution in [2.75, 3.05) is 43.6 Å². The van der Waals surface area contributed by atoms with Gasteiger partial charge in [-0.15, -0.1) is 0 Å². The zero-order chi connectivity index (χ0) is 16.9. The molecule has 0 saturated carbocycles. The molecule has 0 unspecified atom stereocenters. The summed E-state index contributed by atoms with van der Waals surface area (Å²) in [7, 11) is 1.47. The van der Waals surface area contributed by atoms with Crippen molar-refractivity contribution >= 4 is 17.3 Å². The summed E-state index contributed by atoms with van der Waals surface area (Å²) >= 11 is 0. The first-order chi connectivity index (χ1) is 11.7. The molecular weight excluding hydrogens is 308 g/mol. The Morgan fingerprint density at radius 2 is 1.92 bits per heavy atom. The fourth-order valence-electron chi connectivity index (χ4n) is 2.76. The van der Waals surface area contributed by atoms with Gasteiger partial charge in [0, 0.05) is 13.1 Å². The van der Waals surface area contributed by atoms with E-state index in [4.69, 9.17) is 9.47 Å². The molecule has 1 heterocycles. The molecule has 2 aromatic carbocycles. The monoisotopic (exact) mass is 328 g/mol. The number of methoxy groups -OCH3 is 1. The molecule has 0 radical (unpaired) electrons. The van der Waals surface area contributed by atoms with Gasteiger partial charge in [-0.3, -0.25) is 4.79 Å². The molecule has 6 nitrogen and oxygen atoms in total. The number of nitrogens with zero attached hydrogens (tertiary/aromatic N) is 1. The third kappa shape index (κ3) is 3.28. The summed E-state index contributed by atoms with van der Waals surface area (Å²) in [5.74, 6) is -0.197. The summed E-state index contributed by atoms with van der Waals surface area (Å²) in [5.41, 5.74) is 1.75. The number of carbonyl (C=O) groups excluding carboxylic acids is 1. The second-order valence-electron chi connectivity index (χ2n) is 5.43. The summed E-state index contributed by atoms with van der Waals surface area (Å²) in [6.45, 7) is 2.87. The minimum Gasteiger partial charge on any atom is -0.507 e. The summed E-state index contributed by atoms with van der Waals surface area (Å²) in [5, 5.41) is 12.9. The van der Waals surface area contributed by atoms with Gasteiger partial charge in [0.2, 0.25) is 0 Å². The maximum atomic E-state index is 12.7. The van der Waals surface area contributed by atoms with E-state index in [0.717, 1.165) is 18.8 Å². The van der Waals surface area contributed by atoms with Crippen molar-refractivity contribution in [1.82, 2.24) is 0 Å². The van der Waals surface area contributed by atoms with Crippen LogP contribution in [0.15, 0.2) is 42.5 Å². The topological polar surface area (TPSA) is 71.0 Å². The minimum atomic E-state index is -0.411. The van der Waals surface area contributed by atoms with Crippen LogP contribution in [0.2, 0.25) is 0 Å². The average molecular weight is 328 g/mol. The van der Waals surface area contributed by atoms with Crippen molar-refractivity contribution in [2.45, 2.75) is 0 Å². The molecule has 2 N–H and O–H groups in total. The number of rotatable bonds is 4. The molecule has 0 atom stereocenters. The van der Waals surface area contributed by atoms with E-state index in [-0.39, 0.29) is 11.3 Å².